The Kier molecular flexibility index (Phi) is 8.03. The number of amides is 1. The minimum atomic E-state index is -1.86. The van der Waals surface area contributed by atoms with Crippen LogP contribution in [0.25, 0.3) is 22.6 Å². The maximum atomic E-state index is 13.2. The average Bonchev–Trinajstić information content (AvgIpc) is 3.46. The van der Waals surface area contributed by atoms with Crippen LogP contribution in [0.2, 0.25) is 18.1 Å². The smallest absolute Gasteiger partial charge is 0.223 e. The summed E-state index contributed by atoms with van der Waals surface area (Å²) in [5.41, 5.74) is 5.53. The van der Waals surface area contributed by atoms with E-state index in [9.17, 15) is 10.1 Å². The lowest BCUT2D eigenvalue weighted by atomic mass is 9.80. The molecule has 0 saturated carbocycles. The predicted molar refractivity (Wildman–Crippen MR) is 168 cm³/mol. The van der Waals surface area contributed by atoms with Crippen LogP contribution < -0.4 is 4.74 Å². The van der Waals surface area contributed by atoms with E-state index in [1.165, 1.54) is 11.1 Å². The van der Waals surface area contributed by atoms with Crippen molar-refractivity contribution in [3.63, 3.8) is 0 Å². The molecule has 2 heterocycles. The fraction of sp³-hybridized carbons (Fsp3) is 0.471. The highest BCUT2D eigenvalue weighted by molar-refractivity contribution is 6.74. The van der Waals surface area contributed by atoms with Crippen LogP contribution >= 0.6 is 0 Å². The van der Waals surface area contributed by atoms with Crippen LogP contribution in [-0.4, -0.2) is 54.9 Å². The summed E-state index contributed by atoms with van der Waals surface area (Å²) in [5, 5.41) is 9.84. The Morgan fingerprint density at radius 2 is 1.95 bits per heavy atom. The van der Waals surface area contributed by atoms with E-state index in [-0.39, 0.29) is 22.5 Å². The molecule has 1 aromatic heterocycles. The largest absolute Gasteiger partial charge is 0.490 e. The zero-order chi connectivity index (χ0) is 30.3. The summed E-state index contributed by atoms with van der Waals surface area (Å²) in [6, 6.07) is 16.1. The molecule has 5 rings (SSSR count). The SMILES string of the molecule is CC(C)Oc1ccc(-c2nccc(-c3cccc4c3CCC43CC(=O)N(CCO[Si](C)(C)C(C)(C)C)C3)n2)cc1C#N. The topological polar surface area (TPSA) is 88.3 Å². The van der Waals surface area contributed by atoms with Gasteiger partial charge in [-0.05, 0) is 80.2 Å². The standard InChI is InChI=1S/C34H42N4O3Si/c1-23(2)41-30-12-11-24(19-25(30)21-35)32-36-16-14-29(37-32)27-9-8-10-28-26(27)13-15-34(28)20-31(39)38(22-34)17-18-40-42(6,7)33(3,4)5/h8-12,14,16,19,23H,13,15,17-18,20,22H2,1-7H3. The van der Waals surface area contributed by atoms with E-state index < -0.39 is 8.32 Å². The highest BCUT2D eigenvalue weighted by atomic mass is 28.4. The molecular formula is C34H42N4O3Si. The molecule has 1 spiro atoms. The van der Waals surface area contributed by atoms with E-state index in [0.717, 1.165) is 36.2 Å². The molecule has 1 aliphatic heterocycles. The lowest BCUT2D eigenvalue weighted by Crippen LogP contribution is -2.43. The van der Waals surface area contributed by atoms with E-state index in [1.54, 1.807) is 12.3 Å². The van der Waals surface area contributed by atoms with Crippen molar-refractivity contribution in [2.45, 2.75) is 83.5 Å². The van der Waals surface area contributed by atoms with Crippen molar-refractivity contribution < 1.29 is 14.0 Å². The van der Waals surface area contributed by atoms with Gasteiger partial charge in [-0.25, -0.2) is 9.97 Å². The summed E-state index contributed by atoms with van der Waals surface area (Å²) in [5.74, 6) is 1.34. The molecule has 1 unspecified atom stereocenters. The van der Waals surface area contributed by atoms with Gasteiger partial charge in [0.15, 0.2) is 14.1 Å². The summed E-state index contributed by atoms with van der Waals surface area (Å²) in [6.07, 6.45) is 4.15. The van der Waals surface area contributed by atoms with Crippen molar-refractivity contribution in [2.75, 3.05) is 19.7 Å². The third-order valence-corrected chi connectivity index (χ3v) is 13.8. The minimum Gasteiger partial charge on any atom is -0.490 e. The van der Waals surface area contributed by atoms with Gasteiger partial charge >= 0.3 is 0 Å². The zero-order valence-electron chi connectivity index (χ0n) is 26.0. The maximum Gasteiger partial charge on any atom is 0.223 e. The first kappa shape index (κ1) is 29.9. The van der Waals surface area contributed by atoms with Gasteiger partial charge in [0.05, 0.1) is 24.0 Å². The first-order valence-corrected chi connectivity index (χ1v) is 17.8. The summed E-state index contributed by atoms with van der Waals surface area (Å²) in [4.78, 5) is 24.7. The third-order valence-electron chi connectivity index (χ3n) is 9.22. The second kappa shape index (κ2) is 11.3. The molecule has 3 aromatic rings. The number of rotatable bonds is 8. The molecule has 7 nitrogen and oxygen atoms in total. The van der Waals surface area contributed by atoms with Gasteiger partial charge in [0.2, 0.25) is 5.91 Å². The van der Waals surface area contributed by atoms with E-state index in [2.05, 4.69) is 63.1 Å². The monoisotopic (exact) mass is 582 g/mol. The highest BCUT2D eigenvalue weighted by Crippen LogP contribution is 2.48. The van der Waals surface area contributed by atoms with E-state index in [0.29, 0.717) is 36.7 Å². The molecule has 220 valence electrons. The highest BCUT2D eigenvalue weighted by Gasteiger charge is 2.48. The van der Waals surface area contributed by atoms with Crippen molar-refractivity contribution in [3.05, 3.63) is 65.4 Å². The van der Waals surface area contributed by atoms with Crippen LogP contribution in [0.3, 0.4) is 0 Å². The molecule has 2 aliphatic rings. The molecule has 0 bridgehead atoms. The van der Waals surface area contributed by atoms with Crippen molar-refractivity contribution >= 4 is 14.2 Å². The molecule has 1 amide bonds. The number of carbonyl (C=O) groups is 1. The van der Waals surface area contributed by atoms with E-state index in [1.807, 2.05) is 36.9 Å². The number of likely N-dealkylation sites (tertiary alicyclic amines) is 1. The number of hydrogen-bond acceptors (Lipinski definition) is 6. The first-order valence-electron chi connectivity index (χ1n) is 14.9. The number of fused-ring (bicyclic) bond motifs is 2. The Morgan fingerprint density at radius 1 is 1.17 bits per heavy atom. The van der Waals surface area contributed by atoms with Gasteiger partial charge in [-0.1, -0.05) is 39.0 Å². The van der Waals surface area contributed by atoms with Crippen LogP contribution in [0.15, 0.2) is 48.7 Å². The first-order chi connectivity index (χ1) is 19.8. The Bertz CT molecular complexity index is 1540. The van der Waals surface area contributed by atoms with Crippen molar-refractivity contribution in [2.24, 2.45) is 0 Å². The maximum absolute atomic E-state index is 13.2. The number of benzene rings is 2. The lowest BCUT2D eigenvalue weighted by Gasteiger charge is -2.36. The fourth-order valence-corrected chi connectivity index (χ4v) is 6.98. The van der Waals surface area contributed by atoms with Crippen LogP contribution in [0, 0.1) is 11.3 Å². The fourth-order valence-electron chi connectivity index (χ4n) is 5.94. The third kappa shape index (κ3) is 5.73. The lowest BCUT2D eigenvalue weighted by molar-refractivity contribution is -0.128. The number of aromatic nitrogens is 2. The van der Waals surface area contributed by atoms with Crippen LogP contribution in [0.4, 0.5) is 0 Å². The van der Waals surface area contributed by atoms with E-state index in [4.69, 9.17) is 14.1 Å². The normalized spacial score (nSPS) is 18.5. The van der Waals surface area contributed by atoms with Crippen LogP contribution in [-0.2, 0) is 21.1 Å². The molecule has 8 heteroatoms. The molecule has 1 atom stereocenters. The minimum absolute atomic E-state index is 0.0242. The number of hydrogen-bond donors (Lipinski definition) is 0. The van der Waals surface area contributed by atoms with Crippen LogP contribution in [0.1, 0.15) is 64.2 Å². The van der Waals surface area contributed by atoms with Crippen molar-refractivity contribution in [3.8, 4) is 34.5 Å². The Balaban J connectivity index is 1.38. The van der Waals surface area contributed by atoms with Gasteiger partial charge < -0.3 is 14.1 Å². The second-order valence-electron chi connectivity index (χ2n) is 13.5. The van der Waals surface area contributed by atoms with Gasteiger partial charge in [-0.2, -0.15) is 5.26 Å². The molecule has 2 aromatic carbocycles. The molecular weight excluding hydrogens is 540 g/mol. The summed E-state index contributed by atoms with van der Waals surface area (Å²) in [7, 11) is -1.86. The van der Waals surface area contributed by atoms with Crippen molar-refractivity contribution in [1.29, 1.82) is 5.26 Å². The van der Waals surface area contributed by atoms with Gasteiger partial charge in [0, 0.05) is 42.2 Å². The zero-order valence-corrected chi connectivity index (χ0v) is 27.0. The summed E-state index contributed by atoms with van der Waals surface area (Å²) >= 11 is 0. The molecule has 0 radical (unpaired) electrons. The number of ether oxygens (including phenoxy) is 1. The quantitative estimate of drug-likeness (QED) is 0.268. The Morgan fingerprint density at radius 3 is 2.67 bits per heavy atom. The van der Waals surface area contributed by atoms with Gasteiger partial charge in [0.1, 0.15) is 11.8 Å². The summed E-state index contributed by atoms with van der Waals surface area (Å²) < 4.78 is 12.2. The van der Waals surface area contributed by atoms with Gasteiger partial charge in [-0.3, -0.25) is 4.79 Å². The van der Waals surface area contributed by atoms with Gasteiger partial charge in [0.25, 0.3) is 0 Å². The number of carbonyl (C=O) groups excluding carboxylic acids is 1. The second-order valence-corrected chi connectivity index (χ2v) is 18.3. The van der Waals surface area contributed by atoms with Gasteiger partial charge in [-0.15, -0.1) is 0 Å². The van der Waals surface area contributed by atoms with E-state index >= 15 is 0 Å². The molecule has 1 aliphatic carbocycles. The summed E-state index contributed by atoms with van der Waals surface area (Å²) in [6.45, 7) is 17.1. The number of nitriles is 1. The Labute approximate surface area is 251 Å². The number of nitrogens with zero attached hydrogens (tertiary/aromatic N) is 4. The predicted octanol–water partition coefficient (Wildman–Crippen LogP) is 6.91. The Hall–Kier alpha value is -3.54. The average molecular weight is 583 g/mol. The molecule has 1 saturated heterocycles. The molecule has 0 N–H and O–H groups in total. The van der Waals surface area contributed by atoms with Crippen LogP contribution in [0.5, 0.6) is 5.75 Å². The molecule has 42 heavy (non-hydrogen) atoms. The van der Waals surface area contributed by atoms with Crippen molar-refractivity contribution in [1.82, 2.24) is 14.9 Å². The molecule has 1 fully saturated rings.